The summed E-state index contributed by atoms with van der Waals surface area (Å²) in [6.45, 7) is 1.05. The van der Waals surface area contributed by atoms with Gasteiger partial charge in [0.25, 0.3) is 0 Å². The normalized spacial score (nSPS) is 18.9. The second-order valence-electron chi connectivity index (χ2n) is 5.19. The average molecular weight is 269 g/mol. The first kappa shape index (κ1) is 11.5. The van der Waals surface area contributed by atoms with E-state index in [2.05, 4.69) is 25.5 Å². The standard InChI is InChI=1S/C14H15N5O/c20-14-17-10-4-3-8(6-12(10)18-14)9-7-16-19-13(9)11-2-1-5-15-11/h3-4,6-7,11,15H,1-2,5H2,(H,16,19)(H2,17,18,20). The minimum Gasteiger partial charge on any atom is -0.309 e. The third-order valence-corrected chi connectivity index (χ3v) is 3.90. The summed E-state index contributed by atoms with van der Waals surface area (Å²) >= 11 is 0. The van der Waals surface area contributed by atoms with Gasteiger partial charge in [0.1, 0.15) is 0 Å². The molecular formula is C14H15N5O. The molecule has 1 unspecified atom stereocenters. The first-order valence-electron chi connectivity index (χ1n) is 6.80. The van der Waals surface area contributed by atoms with Gasteiger partial charge >= 0.3 is 5.69 Å². The third kappa shape index (κ3) is 1.77. The summed E-state index contributed by atoms with van der Waals surface area (Å²) in [6, 6.07) is 6.25. The lowest BCUT2D eigenvalue weighted by Gasteiger charge is -2.10. The molecule has 6 heteroatoms. The summed E-state index contributed by atoms with van der Waals surface area (Å²) in [5.41, 5.74) is 4.74. The molecular weight excluding hydrogens is 254 g/mol. The molecule has 2 aromatic heterocycles. The average Bonchev–Trinajstić information content (AvgIpc) is 3.16. The lowest BCUT2D eigenvalue weighted by atomic mass is 10.0. The van der Waals surface area contributed by atoms with Gasteiger partial charge in [-0.3, -0.25) is 5.10 Å². The second-order valence-corrected chi connectivity index (χ2v) is 5.19. The topological polar surface area (TPSA) is 89.4 Å². The maximum absolute atomic E-state index is 11.3. The van der Waals surface area contributed by atoms with Crippen LogP contribution >= 0.6 is 0 Å². The van der Waals surface area contributed by atoms with E-state index >= 15 is 0 Å². The molecule has 1 fully saturated rings. The molecule has 1 aliphatic heterocycles. The molecule has 0 spiro atoms. The van der Waals surface area contributed by atoms with Gasteiger partial charge in [-0.1, -0.05) is 6.07 Å². The number of hydrogen-bond acceptors (Lipinski definition) is 3. The van der Waals surface area contributed by atoms with E-state index in [0.29, 0.717) is 6.04 Å². The number of H-pyrrole nitrogens is 3. The molecule has 1 saturated heterocycles. The molecule has 0 aliphatic carbocycles. The highest BCUT2D eigenvalue weighted by molar-refractivity contribution is 5.82. The van der Waals surface area contributed by atoms with Crippen molar-refractivity contribution in [2.75, 3.05) is 6.54 Å². The Kier molecular flexibility index (Phi) is 2.50. The monoisotopic (exact) mass is 269 g/mol. The van der Waals surface area contributed by atoms with E-state index < -0.39 is 0 Å². The van der Waals surface area contributed by atoms with Gasteiger partial charge in [0.05, 0.1) is 22.9 Å². The summed E-state index contributed by atoms with van der Waals surface area (Å²) in [5, 5.41) is 10.8. The van der Waals surface area contributed by atoms with Crippen molar-refractivity contribution in [3.63, 3.8) is 0 Å². The van der Waals surface area contributed by atoms with Gasteiger partial charge in [0.15, 0.2) is 0 Å². The lowest BCUT2D eigenvalue weighted by molar-refractivity contribution is 0.626. The first-order chi connectivity index (χ1) is 9.81. The van der Waals surface area contributed by atoms with Gasteiger partial charge in [-0.05, 0) is 37.1 Å². The molecule has 1 atom stereocenters. The van der Waals surface area contributed by atoms with E-state index in [9.17, 15) is 4.79 Å². The molecule has 0 amide bonds. The zero-order valence-electron chi connectivity index (χ0n) is 10.9. The number of nitrogens with one attached hydrogen (secondary N) is 4. The van der Waals surface area contributed by atoms with Crippen molar-refractivity contribution < 1.29 is 0 Å². The van der Waals surface area contributed by atoms with Crippen molar-refractivity contribution in [2.45, 2.75) is 18.9 Å². The van der Waals surface area contributed by atoms with Crippen LogP contribution in [0.5, 0.6) is 0 Å². The number of rotatable bonds is 2. The Morgan fingerprint density at radius 3 is 2.95 bits per heavy atom. The molecule has 20 heavy (non-hydrogen) atoms. The third-order valence-electron chi connectivity index (χ3n) is 3.90. The van der Waals surface area contributed by atoms with Crippen molar-refractivity contribution in [1.29, 1.82) is 0 Å². The molecule has 1 aromatic carbocycles. The summed E-state index contributed by atoms with van der Waals surface area (Å²) in [4.78, 5) is 16.9. The Labute approximate surface area is 114 Å². The predicted molar refractivity (Wildman–Crippen MR) is 76.5 cm³/mol. The van der Waals surface area contributed by atoms with Gasteiger partial charge in [0, 0.05) is 11.6 Å². The Balaban J connectivity index is 1.82. The quantitative estimate of drug-likeness (QED) is 0.570. The fourth-order valence-electron chi connectivity index (χ4n) is 2.92. The van der Waals surface area contributed by atoms with E-state index in [4.69, 9.17) is 0 Å². The fourth-order valence-corrected chi connectivity index (χ4v) is 2.92. The van der Waals surface area contributed by atoms with Crippen molar-refractivity contribution >= 4 is 11.0 Å². The van der Waals surface area contributed by atoms with Gasteiger partial charge < -0.3 is 15.3 Å². The first-order valence-corrected chi connectivity index (χ1v) is 6.80. The zero-order valence-corrected chi connectivity index (χ0v) is 10.9. The minimum absolute atomic E-state index is 0.179. The highest BCUT2D eigenvalue weighted by atomic mass is 16.1. The molecule has 4 rings (SSSR count). The van der Waals surface area contributed by atoms with Crippen LogP contribution in [0.2, 0.25) is 0 Å². The van der Waals surface area contributed by atoms with Crippen LogP contribution < -0.4 is 11.0 Å². The number of aromatic amines is 3. The number of nitrogens with zero attached hydrogens (tertiary/aromatic N) is 1. The SMILES string of the molecule is O=c1[nH]c2ccc(-c3cn[nH]c3C3CCCN3)cc2[nH]1. The van der Waals surface area contributed by atoms with Crippen LogP contribution in [0.3, 0.4) is 0 Å². The van der Waals surface area contributed by atoms with Gasteiger partial charge in [0.2, 0.25) is 0 Å². The number of benzene rings is 1. The maximum atomic E-state index is 11.3. The molecule has 0 bridgehead atoms. The van der Waals surface area contributed by atoms with Gasteiger partial charge in [-0.25, -0.2) is 4.79 Å². The van der Waals surface area contributed by atoms with Crippen LogP contribution in [-0.2, 0) is 0 Å². The number of aromatic nitrogens is 4. The van der Waals surface area contributed by atoms with Crippen molar-refractivity contribution in [1.82, 2.24) is 25.5 Å². The number of hydrogen-bond donors (Lipinski definition) is 4. The van der Waals surface area contributed by atoms with Crippen LogP contribution in [0.25, 0.3) is 22.2 Å². The summed E-state index contributed by atoms with van der Waals surface area (Å²) < 4.78 is 0. The lowest BCUT2D eigenvalue weighted by Crippen LogP contribution is -2.14. The summed E-state index contributed by atoms with van der Waals surface area (Å²) in [7, 11) is 0. The summed E-state index contributed by atoms with van der Waals surface area (Å²) in [5.74, 6) is 0. The highest BCUT2D eigenvalue weighted by Crippen LogP contribution is 2.31. The largest absolute Gasteiger partial charge is 0.323 e. The molecule has 1 aliphatic rings. The fraction of sp³-hybridized carbons (Fsp3) is 0.286. The molecule has 0 saturated carbocycles. The Bertz CT molecular complexity index is 806. The minimum atomic E-state index is -0.179. The van der Waals surface area contributed by atoms with E-state index in [-0.39, 0.29) is 5.69 Å². The highest BCUT2D eigenvalue weighted by Gasteiger charge is 2.21. The molecule has 6 nitrogen and oxygen atoms in total. The van der Waals surface area contributed by atoms with Gasteiger partial charge in [-0.15, -0.1) is 0 Å². The number of fused-ring (bicyclic) bond motifs is 1. The van der Waals surface area contributed by atoms with Crippen molar-refractivity contribution in [2.24, 2.45) is 0 Å². The van der Waals surface area contributed by atoms with Crippen molar-refractivity contribution in [3.05, 3.63) is 40.6 Å². The predicted octanol–water partition coefficient (Wildman–Crippen LogP) is 1.67. The maximum Gasteiger partial charge on any atom is 0.323 e. The van der Waals surface area contributed by atoms with E-state index in [0.717, 1.165) is 40.8 Å². The van der Waals surface area contributed by atoms with E-state index in [1.807, 2.05) is 24.4 Å². The van der Waals surface area contributed by atoms with Crippen LogP contribution in [-0.4, -0.2) is 26.7 Å². The Morgan fingerprint density at radius 1 is 1.20 bits per heavy atom. The number of imidazole rings is 1. The van der Waals surface area contributed by atoms with Crippen LogP contribution in [0.4, 0.5) is 0 Å². The molecule has 102 valence electrons. The van der Waals surface area contributed by atoms with Crippen LogP contribution in [0, 0.1) is 0 Å². The molecule has 4 N–H and O–H groups in total. The van der Waals surface area contributed by atoms with E-state index in [1.54, 1.807) is 0 Å². The zero-order chi connectivity index (χ0) is 13.5. The Hall–Kier alpha value is -2.34. The molecule has 0 radical (unpaired) electrons. The van der Waals surface area contributed by atoms with E-state index in [1.165, 1.54) is 6.42 Å². The van der Waals surface area contributed by atoms with Crippen molar-refractivity contribution in [3.8, 4) is 11.1 Å². The summed E-state index contributed by atoms with van der Waals surface area (Å²) in [6.07, 6.45) is 4.16. The molecule has 3 heterocycles. The van der Waals surface area contributed by atoms with Gasteiger partial charge in [-0.2, -0.15) is 5.10 Å². The van der Waals surface area contributed by atoms with Crippen LogP contribution in [0.15, 0.2) is 29.2 Å². The second kappa shape index (κ2) is 4.35. The van der Waals surface area contributed by atoms with Crippen LogP contribution in [0.1, 0.15) is 24.6 Å². The molecule has 3 aromatic rings. The Morgan fingerprint density at radius 2 is 2.10 bits per heavy atom. The smallest absolute Gasteiger partial charge is 0.309 e.